The van der Waals surface area contributed by atoms with Crippen molar-refractivity contribution >= 4 is 20.0 Å². The van der Waals surface area contributed by atoms with Crippen molar-refractivity contribution in [1.29, 1.82) is 0 Å². The van der Waals surface area contributed by atoms with Crippen LogP contribution in [0.5, 0.6) is 0 Å². The van der Waals surface area contributed by atoms with Gasteiger partial charge in [-0.05, 0) is 26.7 Å². The van der Waals surface area contributed by atoms with E-state index in [4.69, 9.17) is 4.52 Å². The normalized spacial score (nSPS) is 17.8. The van der Waals surface area contributed by atoms with E-state index in [1.807, 2.05) is 0 Å². The summed E-state index contributed by atoms with van der Waals surface area (Å²) in [6.07, 6.45) is 7.07. The van der Waals surface area contributed by atoms with Crippen LogP contribution >= 0.6 is 0 Å². The number of hydrogen-bond acceptors (Lipinski definition) is 6. The Morgan fingerprint density at radius 1 is 1.12 bits per heavy atom. The van der Waals surface area contributed by atoms with Crippen molar-refractivity contribution in [2.75, 3.05) is 19.3 Å². The van der Waals surface area contributed by atoms with Crippen LogP contribution in [0.4, 0.5) is 0 Å². The molecule has 1 aliphatic carbocycles. The van der Waals surface area contributed by atoms with Crippen molar-refractivity contribution in [2.24, 2.45) is 0 Å². The number of sulfonamides is 2. The molecule has 1 saturated carbocycles. The number of aromatic nitrogens is 1. The van der Waals surface area contributed by atoms with Crippen LogP contribution in [0.3, 0.4) is 0 Å². The number of rotatable bonds is 7. The molecule has 10 heteroatoms. The topological polar surface area (TPSA) is 110 Å². The molecule has 0 bridgehead atoms. The Morgan fingerprint density at radius 3 is 2.20 bits per heavy atom. The molecule has 2 rings (SSSR count). The number of nitrogens with one attached hydrogen (secondary N) is 1. The molecule has 25 heavy (non-hydrogen) atoms. The van der Waals surface area contributed by atoms with Crippen molar-refractivity contribution in [1.82, 2.24) is 14.2 Å². The highest BCUT2D eigenvalue weighted by molar-refractivity contribution is 7.89. The van der Waals surface area contributed by atoms with Crippen molar-refractivity contribution in [2.45, 2.75) is 63.3 Å². The van der Waals surface area contributed by atoms with Gasteiger partial charge < -0.3 is 4.52 Å². The third-order valence-corrected chi connectivity index (χ3v) is 7.56. The molecule has 0 atom stereocenters. The van der Waals surface area contributed by atoms with Gasteiger partial charge in [-0.15, -0.1) is 0 Å². The van der Waals surface area contributed by atoms with Gasteiger partial charge in [-0.1, -0.05) is 30.8 Å². The highest BCUT2D eigenvalue weighted by atomic mass is 32.2. The minimum absolute atomic E-state index is 0.00988. The predicted molar refractivity (Wildman–Crippen MR) is 94.2 cm³/mol. The van der Waals surface area contributed by atoms with Gasteiger partial charge in [0.2, 0.25) is 20.0 Å². The van der Waals surface area contributed by atoms with Gasteiger partial charge in [-0.3, -0.25) is 0 Å². The molecule has 1 aromatic heterocycles. The summed E-state index contributed by atoms with van der Waals surface area (Å²) in [5.74, 6) is 0.216. The first-order valence-corrected chi connectivity index (χ1v) is 11.9. The van der Waals surface area contributed by atoms with Gasteiger partial charge in [0.05, 0.1) is 6.26 Å². The minimum Gasteiger partial charge on any atom is -0.360 e. The van der Waals surface area contributed by atoms with Crippen LogP contribution in [-0.2, 0) is 20.0 Å². The summed E-state index contributed by atoms with van der Waals surface area (Å²) < 4.78 is 58.0. The first-order valence-electron chi connectivity index (χ1n) is 8.52. The zero-order valence-electron chi connectivity index (χ0n) is 15.0. The number of hydrogen-bond donors (Lipinski definition) is 1. The molecular weight excluding hydrogens is 366 g/mol. The first kappa shape index (κ1) is 20.3. The zero-order valence-corrected chi connectivity index (χ0v) is 16.6. The lowest BCUT2D eigenvalue weighted by Gasteiger charge is -2.29. The van der Waals surface area contributed by atoms with Crippen LogP contribution in [0.25, 0.3) is 0 Å². The van der Waals surface area contributed by atoms with Gasteiger partial charge in [0.15, 0.2) is 5.76 Å². The van der Waals surface area contributed by atoms with Crippen molar-refractivity contribution < 1.29 is 21.4 Å². The molecule has 0 aromatic carbocycles. The third-order valence-electron chi connectivity index (χ3n) is 4.52. The van der Waals surface area contributed by atoms with Crippen molar-refractivity contribution in [3.63, 3.8) is 0 Å². The maximum atomic E-state index is 12.4. The molecule has 0 amide bonds. The molecule has 0 saturated heterocycles. The Hall–Kier alpha value is -0.970. The molecule has 0 radical (unpaired) electrons. The average Bonchev–Trinajstić information content (AvgIpc) is 2.71. The van der Waals surface area contributed by atoms with Gasteiger partial charge in [0.25, 0.3) is 0 Å². The van der Waals surface area contributed by atoms with Crippen LogP contribution in [0, 0.1) is 13.8 Å². The van der Waals surface area contributed by atoms with E-state index < -0.39 is 20.0 Å². The van der Waals surface area contributed by atoms with E-state index in [9.17, 15) is 16.8 Å². The maximum Gasteiger partial charge on any atom is 0.246 e. The Balaban J connectivity index is 2.06. The average molecular weight is 394 g/mol. The standard InChI is InChI=1S/C15H27N3O5S2/c1-12-15(13(2)23-17-12)25(21,22)16-10-11-18(24(3,19)20)14-8-6-4-5-7-9-14/h14,16H,4-11H2,1-3H3. The molecule has 0 unspecified atom stereocenters. The molecule has 1 fully saturated rings. The van der Waals surface area contributed by atoms with Crippen LogP contribution in [0.1, 0.15) is 50.0 Å². The smallest absolute Gasteiger partial charge is 0.246 e. The lowest BCUT2D eigenvalue weighted by Crippen LogP contribution is -2.44. The molecule has 144 valence electrons. The third kappa shape index (κ3) is 5.25. The van der Waals surface area contributed by atoms with E-state index >= 15 is 0 Å². The molecule has 1 aromatic rings. The fourth-order valence-electron chi connectivity index (χ4n) is 3.39. The zero-order chi connectivity index (χ0) is 18.7. The van der Waals surface area contributed by atoms with E-state index in [1.165, 1.54) is 17.5 Å². The Morgan fingerprint density at radius 2 is 1.72 bits per heavy atom. The van der Waals surface area contributed by atoms with Crippen LogP contribution in [0.15, 0.2) is 9.42 Å². The fourth-order valence-corrected chi connectivity index (χ4v) is 5.91. The molecule has 1 aliphatic rings. The maximum absolute atomic E-state index is 12.4. The van der Waals surface area contributed by atoms with Crippen molar-refractivity contribution in [3.8, 4) is 0 Å². The molecule has 0 aliphatic heterocycles. The molecule has 8 nitrogen and oxygen atoms in total. The SMILES string of the molecule is Cc1noc(C)c1S(=O)(=O)NCCN(C1CCCCCC1)S(C)(=O)=O. The molecule has 0 spiro atoms. The van der Waals surface area contributed by atoms with Gasteiger partial charge in [-0.25, -0.2) is 21.6 Å². The van der Waals surface area contributed by atoms with Gasteiger partial charge in [0, 0.05) is 19.1 Å². The van der Waals surface area contributed by atoms with E-state index in [0.717, 1.165) is 38.5 Å². The summed E-state index contributed by atoms with van der Waals surface area (Å²) in [5, 5.41) is 3.65. The summed E-state index contributed by atoms with van der Waals surface area (Å²) in [4.78, 5) is 0.0212. The Bertz CT molecular complexity index is 759. The first-order chi connectivity index (χ1) is 11.6. The molecular formula is C15H27N3O5S2. The molecule has 1 heterocycles. The lowest BCUT2D eigenvalue weighted by atomic mass is 10.1. The van der Waals surface area contributed by atoms with E-state index in [2.05, 4.69) is 9.88 Å². The fraction of sp³-hybridized carbons (Fsp3) is 0.800. The Kier molecular flexibility index (Phi) is 6.63. The number of nitrogens with zero attached hydrogens (tertiary/aromatic N) is 2. The van der Waals surface area contributed by atoms with Gasteiger partial charge in [-0.2, -0.15) is 4.31 Å². The van der Waals surface area contributed by atoms with Crippen molar-refractivity contribution in [3.05, 3.63) is 11.5 Å². The van der Waals surface area contributed by atoms with Crippen LogP contribution < -0.4 is 4.72 Å². The summed E-state index contributed by atoms with van der Waals surface area (Å²) in [6, 6.07) is -0.0546. The van der Waals surface area contributed by atoms with Gasteiger partial charge in [0.1, 0.15) is 10.6 Å². The largest absolute Gasteiger partial charge is 0.360 e. The second kappa shape index (κ2) is 8.15. The summed E-state index contributed by atoms with van der Waals surface area (Å²) in [7, 11) is -7.19. The Labute approximate surface area is 150 Å². The van der Waals surface area contributed by atoms with Crippen LogP contribution in [0.2, 0.25) is 0 Å². The minimum atomic E-state index is -3.79. The predicted octanol–water partition coefficient (Wildman–Crippen LogP) is 1.55. The summed E-state index contributed by atoms with van der Waals surface area (Å²) in [5.41, 5.74) is 0.286. The highest BCUT2D eigenvalue weighted by Gasteiger charge is 2.28. The quantitative estimate of drug-likeness (QED) is 0.704. The molecule has 1 N–H and O–H groups in total. The lowest BCUT2D eigenvalue weighted by molar-refractivity contribution is 0.297. The summed E-state index contributed by atoms with van der Waals surface area (Å²) in [6.45, 7) is 3.21. The van der Waals surface area contributed by atoms with Gasteiger partial charge >= 0.3 is 0 Å². The monoisotopic (exact) mass is 393 g/mol. The highest BCUT2D eigenvalue weighted by Crippen LogP contribution is 2.23. The van der Waals surface area contributed by atoms with E-state index in [0.29, 0.717) is 0 Å². The number of aryl methyl sites for hydroxylation is 2. The second-order valence-corrected chi connectivity index (χ2v) is 10.2. The van der Waals surface area contributed by atoms with E-state index in [-0.39, 0.29) is 35.5 Å². The summed E-state index contributed by atoms with van der Waals surface area (Å²) >= 11 is 0. The van der Waals surface area contributed by atoms with E-state index in [1.54, 1.807) is 6.92 Å². The van der Waals surface area contributed by atoms with Crippen LogP contribution in [-0.4, -0.2) is 51.7 Å². The second-order valence-electron chi connectivity index (χ2n) is 6.57.